The third-order valence-corrected chi connectivity index (χ3v) is 7.28. The molecule has 48 heavy (non-hydrogen) atoms. The fraction of sp³-hybridized carbons (Fsp3) is 0.579. The third-order valence-electron chi connectivity index (χ3n) is 7.28. The Labute approximate surface area is 287 Å². The summed E-state index contributed by atoms with van der Waals surface area (Å²) in [6.45, 7) is 11.8. The van der Waals surface area contributed by atoms with Gasteiger partial charge in [-0.15, -0.1) is 0 Å². The van der Waals surface area contributed by atoms with E-state index in [9.17, 15) is 19.2 Å². The van der Waals surface area contributed by atoms with Gasteiger partial charge in [0.05, 0.1) is 0 Å². The molecule has 0 aliphatic carbocycles. The molecule has 10 nitrogen and oxygen atoms in total. The highest BCUT2D eigenvalue weighted by molar-refractivity contribution is 5.86. The minimum atomic E-state index is -0.719. The van der Waals surface area contributed by atoms with Crippen LogP contribution < -0.4 is 21.3 Å². The number of ether oxygens (including phenoxy) is 2. The SMILES string of the molecule is CC(C)(C)OC(=O)N[C@@H](Cc1ccccc1)C(=O)NCCCCCCCCCCNC(=O)[C@H](Cc1ccccc1)NC(=O)OC(C)(C)C. The zero-order valence-corrected chi connectivity index (χ0v) is 29.9. The van der Waals surface area contributed by atoms with Gasteiger partial charge in [0.15, 0.2) is 0 Å². The molecule has 4 N–H and O–H groups in total. The molecule has 4 amide bonds. The van der Waals surface area contributed by atoms with Gasteiger partial charge >= 0.3 is 12.2 Å². The lowest BCUT2D eigenvalue weighted by molar-refractivity contribution is -0.123. The number of amides is 4. The number of unbranched alkanes of at least 4 members (excludes halogenated alkanes) is 7. The van der Waals surface area contributed by atoms with Crippen LogP contribution in [0.3, 0.4) is 0 Å². The first-order chi connectivity index (χ1) is 22.7. The van der Waals surface area contributed by atoms with Gasteiger partial charge in [0.25, 0.3) is 0 Å². The Kier molecular flexibility index (Phi) is 17.5. The average molecular weight is 667 g/mol. The first-order valence-electron chi connectivity index (χ1n) is 17.3. The van der Waals surface area contributed by atoms with Crippen molar-refractivity contribution in [1.82, 2.24) is 21.3 Å². The summed E-state index contributed by atoms with van der Waals surface area (Å²) in [6.07, 6.45) is 7.66. The first kappa shape index (κ1) is 40.1. The van der Waals surface area contributed by atoms with Gasteiger partial charge in [-0.2, -0.15) is 0 Å². The molecular weight excluding hydrogens is 608 g/mol. The molecule has 0 radical (unpaired) electrons. The molecule has 0 bridgehead atoms. The lowest BCUT2D eigenvalue weighted by atomic mass is 10.0. The summed E-state index contributed by atoms with van der Waals surface area (Å²) in [5.74, 6) is -0.437. The van der Waals surface area contributed by atoms with Gasteiger partial charge in [-0.25, -0.2) is 9.59 Å². The Morgan fingerprint density at radius 1 is 0.521 bits per heavy atom. The fourth-order valence-electron chi connectivity index (χ4n) is 5.00. The van der Waals surface area contributed by atoms with Crippen LogP contribution in [0.1, 0.15) is 104 Å². The van der Waals surface area contributed by atoms with Crippen LogP contribution in [0.25, 0.3) is 0 Å². The Hall–Kier alpha value is -4.08. The predicted molar refractivity (Wildman–Crippen MR) is 190 cm³/mol. The van der Waals surface area contributed by atoms with Crippen molar-refractivity contribution in [3.8, 4) is 0 Å². The first-order valence-corrected chi connectivity index (χ1v) is 17.3. The molecule has 2 aromatic rings. The van der Waals surface area contributed by atoms with Crippen LogP contribution >= 0.6 is 0 Å². The molecule has 0 aromatic heterocycles. The monoisotopic (exact) mass is 666 g/mol. The van der Waals surface area contributed by atoms with E-state index in [4.69, 9.17) is 9.47 Å². The second-order valence-electron chi connectivity index (χ2n) is 14.2. The third kappa shape index (κ3) is 18.9. The minimum Gasteiger partial charge on any atom is -0.444 e. The maximum absolute atomic E-state index is 12.9. The van der Waals surface area contributed by atoms with Crippen LogP contribution in [-0.2, 0) is 31.9 Å². The van der Waals surface area contributed by atoms with E-state index in [0.717, 1.165) is 62.5 Å². The molecule has 0 aliphatic heterocycles. The van der Waals surface area contributed by atoms with Gasteiger partial charge in [-0.1, -0.05) is 99.2 Å². The maximum Gasteiger partial charge on any atom is 0.408 e. The number of benzene rings is 2. The van der Waals surface area contributed by atoms with Gasteiger partial charge in [-0.3, -0.25) is 9.59 Å². The summed E-state index contributed by atoms with van der Waals surface area (Å²) >= 11 is 0. The average Bonchev–Trinajstić information content (AvgIpc) is 3.00. The lowest BCUT2D eigenvalue weighted by Crippen LogP contribution is -2.49. The molecule has 0 spiro atoms. The van der Waals surface area contributed by atoms with E-state index in [-0.39, 0.29) is 11.8 Å². The summed E-state index contributed by atoms with van der Waals surface area (Å²) in [5, 5.41) is 11.4. The van der Waals surface area contributed by atoms with Gasteiger partial charge in [0, 0.05) is 25.9 Å². The highest BCUT2D eigenvalue weighted by Crippen LogP contribution is 2.12. The Morgan fingerprint density at radius 2 is 0.833 bits per heavy atom. The molecule has 2 rings (SSSR count). The minimum absolute atomic E-state index is 0.219. The number of carbonyl (C=O) groups is 4. The molecular formula is C38H58N4O6. The van der Waals surface area contributed by atoms with Gasteiger partial charge in [0.1, 0.15) is 23.3 Å². The van der Waals surface area contributed by atoms with E-state index in [1.165, 1.54) is 0 Å². The van der Waals surface area contributed by atoms with Crippen LogP contribution in [0.4, 0.5) is 9.59 Å². The predicted octanol–water partition coefficient (Wildman–Crippen LogP) is 6.61. The van der Waals surface area contributed by atoms with Crippen LogP contribution in [0, 0.1) is 0 Å². The van der Waals surface area contributed by atoms with Crippen molar-refractivity contribution >= 4 is 24.0 Å². The summed E-state index contributed by atoms with van der Waals surface area (Å²) < 4.78 is 10.7. The van der Waals surface area contributed by atoms with E-state index in [0.29, 0.717) is 25.9 Å². The van der Waals surface area contributed by atoms with E-state index >= 15 is 0 Å². The van der Waals surface area contributed by atoms with Gasteiger partial charge in [0.2, 0.25) is 11.8 Å². The van der Waals surface area contributed by atoms with Crippen molar-refractivity contribution < 1.29 is 28.7 Å². The molecule has 2 aromatic carbocycles. The summed E-state index contributed by atoms with van der Waals surface area (Å²) in [4.78, 5) is 50.6. The zero-order chi connectivity index (χ0) is 35.4. The standard InChI is InChI=1S/C38H58N4O6/c1-37(2,3)47-35(45)41-31(27-29-21-15-13-16-22-29)33(43)39-25-19-11-9-7-8-10-12-20-26-40-34(44)32(28-30-23-17-14-18-24-30)42-36(46)48-38(4,5)6/h13-18,21-24,31-32H,7-12,19-20,25-28H2,1-6H3,(H,39,43)(H,40,44)(H,41,45)(H,42,46)/t31-,32-/m0/s1. The number of hydrogen-bond donors (Lipinski definition) is 4. The van der Waals surface area contributed by atoms with Crippen molar-refractivity contribution in [3.63, 3.8) is 0 Å². The largest absolute Gasteiger partial charge is 0.444 e. The summed E-state index contributed by atoms with van der Waals surface area (Å²) in [6, 6.07) is 17.8. The molecule has 0 fully saturated rings. The smallest absolute Gasteiger partial charge is 0.408 e. The summed E-state index contributed by atoms with van der Waals surface area (Å²) in [7, 11) is 0. The van der Waals surface area contributed by atoms with Gasteiger partial charge < -0.3 is 30.7 Å². The number of rotatable bonds is 19. The highest BCUT2D eigenvalue weighted by Gasteiger charge is 2.26. The molecule has 0 aliphatic rings. The van der Waals surface area contributed by atoms with E-state index in [2.05, 4.69) is 21.3 Å². The van der Waals surface area contributed by atoms with Crippen LogP contribution in [0.5, 0.6) is 0 Å². The van der Waals surface area contributed by atoms with Crippen molar-refractivity contribution in [1.29, 1.82) is 0 Å². The second kappa shape index (κ2) is 21.0. The molecule has 2 atom stereocenters. The van der Waals surface area contributed by atoms with Crippen molar-refractivity contribution in [3.05, 3.63) is 71.8 Å². The summed E-state index contributed by atoms with van der Waals surface area (Å²) in [5.41, 5.74) is 0.613. The number of alkyl carbamates (subject to hydrolysis) is 2. The van der Waals surface area contributed by atoms with E-state index in [1.54, 1.807) is 41.5 Å². The Morgan fingerprint density at radius 3 is 1.15 bits per heavy atom. The van der Waals surface area contributed by atoms with Gasteiger partial charge in [-0.05, 0) is 65.5 Å². The second-order valence-corrected chi connectivity index (χ2v) is 14.2. The zero-order valence-electron chi connectivity index (χ0n) is 29.9. The highest BCUT2D eigenvalue weighted by atomic mass is 16.6. The van der Waals surface area contributed by atoms with Crippen molar-refractivity contribution in [2.24, 2.45) is 0 Å². The Balaban J connectivity index is 1.62. The molecule has 0 heterocycles. The number of carbonyl (C=O) groups excluding carboxylic acids is 4. The molecule has 0 saturated carbocycles. The van der Waals surface area contributed by atoms with E-state index < -0.39 is 35.5 Å². The van der Waals surface area contributed by atoms with Crippen molar-refractivity contribution in [2.45, 2.75) is 129 Å². The topological polar surface area (TPSA) is 135 Å². The Bertz CT molecular complexity index is 1140. The molecule has 266 valence electrons. The van der Waals surface area contributed by atoms with E-state index in [1.807, 2.05) is 60.7 Å². The molecule has 10 heteroatoms. The normalized spacial score (nSPS) is 12.7. The van der Waals surface area contributed by atoms with Crippen LogP contribution in [0.15, 0.2) is 60.7 Å². The number of hydrogen-bond acceptors (Lipinski definition) is 6. The van der Waals surface area contributed by atoms with Crippen LogP contribution in [0.2, 0.25) is 0 Å². The maximum atomic E-state index is 12.9. The number of nitrogens with one attached hydrogen (secondary N) is 4. The molecule has 0 unspecified atom stereocenters. The quantitative estimate of drug-likeness (QED) is 0.125. The van der Waals surface area contributed by atoms with Crippen LogP contribution in [-0.4, -0.2) is 60.4 Å². The fourth-order valence-corrected chi connectivity index (χ4v) is 5.00. The molecule has 0 saturated heterocycles. The van der Waals surface area contributed by atoms with Crippen molar-refractivity contribution in [2.75, 3.05) is 13.1 Å². The lowest BCUT2D eigenvalue weighted by Gasteiger charge is -2.23.